The Morgan fingerprint density at radius 3 is 2.94 bits per heavy atom. The maximum atomic E-state index is 9.64. The predicted octanol–water partition coefficient (Wildman–Crippen LogP) is 2.57. The van der Waals surface area contributed by atoms with E-state index < -0.39 is 0 Å². The van der Waals surface area contributed by atoms with Gasteiger partial charge in [0.15, 0.2) is 16.7 Å². The molecule has 0 spiro atoms. The smallest absolute Gasteiger partial charge is 0.180 e. The Hall–Kier alpha value is -1.21. The van der Waals surface area contributed by atoms with E-state index in [-0.39, 0.29) is 5.75 Å². The van der Waals surface area contributed by atoms with Gasteiger partial charge < -0.3 is 15.6 Å². The van der Waals surface area contributed by atoms with Crippen LogP contribution in [-0.2, 0) is 0 Å². The van der Waals surface area contributed by atoms with E-state index in [9.17, 15) is 5.11 Å². The van der Waals surface area contributed by atoms with Gasteiger partial charge in [-0.15, -0.1) is 5.10 Å². The second-order valence-electron chi connectivity index (χ2n) is 3.17. The number of halogens is 1. The van der Waals surface area contributed by atoms with Gasteiger partial charge in [0.05, 0.1) is 17.8 Å². The number of amidine groups is 1. The molecule has 0 aliphatic carbocycles. The van der Waals surface area contributed by atoms with E-state index in [1.165, 1.54) is 25.1 Å². The molecule has 98 valence electrons. The number of thioether (sulfide) groups is 1. The summed E-state index contributed by atoms with van der Waals surface area (Å²) in [6.45, 7) is 1.98. The van der Waals surface area contributed by atoms with Gasteiger partial charge in [0.2, 0.25) is 0 Å². The Morgan fingerprint density at radius 1 is 1.61 bits per heavy atom. The molecule has 0 saturated carbocycles. The number of benzene rings is 1. The molecule has 0 radical (unpaired) electrons. The normalized spacial score (nSPS) is 12.1. The highest BCUT2D eigenvalue weighted by Gasteiger charge is 2.07. The van der Waals surface area contributed by atoms with Crippen LogP contribution in [0.25, 0.3) is 0 Å². The predicted molar refractivity (Wildman–Crippen MR) is 79.7 cm³/mol. The molecule has 0 aliphatic rings. The van der Waals surface area contributed by atoms with Gasteiger partial charge in [0.25, 0.3) is 0 Å². The summed E-state index contributed by atoms with van der Waals surface area (Å²) in [6, 6.07) is 3.36. The molecular formula is C11H14BrN3O2S. The number of aromatic hydroxyl groups is 1. The Labute approximate surface area is 118 Å². The Bertz CT molecular complexity index is 478. The Balaban J connectivity index is 2.88. The van der Waals surface area contributed by atoms with Crippen LogP contribution < -0.4 is 10.5 Å². The van der Waals surface area contributed by atoms with Crippen molar-refractivity contribution < 1.29 is 9.84 Å². The molecule has 3 N–H and O–H groups in total. The molecule has 7 heteroatoms. The number of hydrogen-bond acceptors (Lipinski definition) is 5. The van der Waals surface area contributed by atoms with Gasteiger partial charge in [0.1, 0.15) is 0 Å². The number of methoxy groups -OCH3 is 1. The van der Waals surface area contributed by atoms with Crippen LogP contribution in [0.4, 0.5) is 0 Å². The molecule has 0 aromatic heterocycles. The number of ether oxygens (including phenoxy) is 1. The molecule has 0 saturated heterocycles. The van der Waals surface area contributed by atoms with Crippen LogP contribution in [0.15, 0.2) is 26.8 Å². The van der Waals surface area contributed by atoms with E-state index in [2.05, 4.69) is 26.1 Å². The van der Waals surface area contributed by atoms with Crippen molar-refractivity contribution in [1.29, 1.82) is 0 Å². The first-order valence-corrected chi connectivity index (χ1v) is 6.92. The van der Waals surface area contributed by atoms with Crippen molar-refractivity contribution in [2.75, 3.05) is 12.9 Å². The first-order valence-electron chi connectivity index (χ1n) is 5.14. The minimum absolute atomic E-state index is 0.0548. The molecule has 1 aromatic carbocycles. The quantitative estimate of drug-likeness (QED) is 0.504. The van der Waals surface area contributed by atoms with Crippen LogP contribution in [0.5, 0.6) is 11.5 Å². The summed E-state index contributed by atoms with van der Waals surface area (Å²) in [5.74, 6) is 1.27. The van der Waals surface area contributed by atoms with Crippen molar-refractivity contribution in [3.63, 3.8) is 0 Å². The van der Waals surface area contributed by atoms with Crippen molar-refractivity contribution in [2.45, 2.75) is 6.92 Å². The van der Waals surface area contributed by atoms with Gasteiger partial charge >= 0.3 is 0 Å². The number of phenols is 1. The van der Waals surface area contributed by atoms with Crippen LogP contribution in [0, 0.1) is 0 Å². The summed E-state index contributed by atoms with van der Waals surface area (Å²) in [5, 5.41) is 17.7. The number of hydrogen-bond donors (Lipinski definition) is 2. The van der Waals surface area contributed by atoms with Crippen LogP contribution in [0.2, 0.25) is 0 Å². The van der Waals surface area contributed by atoms with Gasteiger partial charge in [-0.1, -0.05) is 18.7 Å². The summed E-state index contributed by atoms with van der Waals surface area (Å²) < 4.78 is 5.56. The van der Waals surface area contributed by atoms with Crippen LogP contribution in [0.1, 0.15) is 12.5 Å². The molecule has 1 aromatic rings. The molecule has 0 atom stereocenters. The number of nitrogens with zero attached hydrogens (tertiary/aromatic N) is 2. The number of nitrogens with two attached hydrogens (primary N) is 1. The Morgan fingerprint density at radius 2 is 2.33 bits per heavy atom. The van der Waals surface area contributed by atoms with Crippen LogP contribution >= 0.6 is 27.7 Å². The highest BCUT2D eigenvalue weighted by Crippen LogP contribution is 2.34. The summed E-state index contributed by atoms with van der Waals surface area (Å²) in [5.41, 5.74) is 6.33. The van der Waals surface area contributed by atoms with Crippen molar-refractivity contribution in [1.82, 2.24) is 0 Å². The molecule has 18 heavy (non-hydrogen) atoms. The van der Waals surface area contributed by atoms with Gasteiger partial charge in [0, 0.05) is 0 Å². The van der Waals surface area contributed by atoms with Crippen molar-refractivity contribution >= 4 is 39.1 Å². The molecule has 1 rings (SSSR count). The lowest BCUT2D eigenvalue weighted by molar-refractivity contribution is 0.372. The standard InChI is InChI=1S/C11H14BrN3O2S/c1-3-18-11(13)15-14-6-7-4-8(12)10(16)9(5-7)17-2/h4-6,16H,3H2,1-2H3,(H2,13,15). The second kappa shape index (κ2) is 7.27. The average Bonchev–Trinajstić information content (AvgIpc) is 2.33. The van der Waals surface area contributed by atoms with Crippen molar-refractivity contribution in [3.05, 3.63) is 22.2 Å². The van der Waals surface area contributed by atoms with Crippen molar-refractivity contribution in [3.8, 4) is 11.5 Å². The van der Waals surface area contributed by atoms with E-state index >= 15 is 0 Å². The monoisotopic (exact) mass is 331 g/mol. The zero-order chi connectivity index (χ0) is 13.5. The molecule has 5 nitrogen and oxygen atoms in total. The minimum atomic E-state index is 0.0548. The largest absolute Gasteiger partial charge is 0.503 e. The summed E-state index contributed by atoms with van der Waals surface area (Å²) >= 11 is 4.65. The van der Waals surface area contributed by atoms with Gasteiger partial charge in [-0.2, -0.15) is 5.10 Å². The Kier molecular flexibility index (Phi) is 6.00. The molecule has 0 unspecified atom stereocenters. The van der Waals surface area contributed by atoms with E-state index in [0.29, 0.717) is 15.4 Å². The van der Waals surface area contributed by atoms with Crippen LogP contribution in [0.3, 0.4) is 0 Å². The van der Waals surface area contributed by atoms with E-state index in [4.69, 9.17) is 10.5 Å². The lowest BCUT2D eigenvalue weighted by atomic mass is 10.2. The zero-order valence-corrected chi connectivity index (χ0v) is 12.5. The maximum Gasteiger partial charge on any atom is 0.180 e. The summed E-state index contributed by atoms with van der Waals surface area (Å²) in [4.78, 5) is 0. The zero-order valence-electron chi connectivity index (χ0n) is 10.1. The molecule has 0 heterocycles. The summed E-state index contributed by atoms with van der Waals surface area (Å²) in [7, 11) is 1.48. The fourth-order valence-corrected chi connectivity index (χ4v) is 2.01. The third-order valence-electron chi connectivity index (χ3n) is 1.93. The average molecular weight is 332 g/mol. The number of rotatable bonds is 4. The van der Waals surface area contributed by atoms with Gasteiger partial charge in [-0.3, -0.25) is 0 Å². The number of phenolic OH excluding ortho intramolecular Hbond substituents is 1. The lowest BCUT2D eigenvalue weighted by Gasteiger charge is -2.05. The fraction of sp³-hybridized carbons (Fsp3) is 0.273. The van der Waals surface area contributed by atoms with E-state index in [0.717, 1.165) is 11.3 Å². The molecule has 0 aliphatic heterocycles. The highest BCUT2D eigenvalue weighted by molar-refractivity contribution is 9.10. The third-order valence-corrected chi connectivity index (χ3v) is 3.20. The van der Waals surface area contributed by atoms with Gasteiger partial charge in [-0.05, 0) is 39.4 Å². The SMILES string of the molecule is CCSC(N)=NN=Cc1cc(Br)c(O)c(OC)c1. The third kappa shape index (κ3) is 4.23. The minimum Gasteiger partial charge on any atom is -0.503 e. The first kappa shape index (κ1) is 14.8. The molecule has 0 amide bonds. The van der Waals surface area contributed by atoms with E-state index in [1.54, 1.807) is 12.1 Å². The van der Waals surface area contributed by atoms with Crippen LogP contribution in [-0.4, -0.2) is 29.4 Å². The molecule has 0 bridgehead atoms. The van der Waals surface area contributed by atoms with Crippen molar-refractivity contribution in [2.24, 2.45) is 15.9 Å². The van der Waals surface area contributed by atoms with Gasteiger partial charge in [-0.25, -0.2) is 0 Å². The van der Waals surface area contributed by atoms with E-state index in [1.807, 2.05) is 6.92 Å². The topological polar surface area (TPSA) is 80.2 Å². The summed E-state index contributed by atoms with van der Waals surface area (Å²) in [6.07, 6.45) is 1.54. The second-order valence-corrected chi connectivity index (χ2v) is 5.31. The lowest BCUT2D eigenvalue weighted by Crippen LogP contribution is -2.05. The highest BCUT2D eigenvalue weighted by atomic mass is 79.9. The maximum absolute atomic E-state index is 9.64. The molecular weight excluding hydrogens is 318 g/mol. The molecule has 0 fully saturated rings. The fourth-order valence-electron chi connectivity index (χ4n) is 1.15. The first-order chi connectivity index (χ1) is 8.58.